The Morgan fingerprint density at radius 1 is 1.00 bits per heavy atom. The number of hydrogen-bond acceptors (Lipinski definition) is 2. The molecule has 81 valence electrons. The maximum Gasteiger partial charge on any atom is 0.0314 e. The minimum atomic E-state index is 0.557. The van der Waals surface area contributed by atoms with Gasteiger partial charge in [-0.15, -0.1) is 0 Å². The summed E-state index contributed by atoms with van der Waals surface area (Å²) < 4.78 is 0. The zero-order chi connectivity index (χ0) is 11.4. The molecule has 0 amide bonds. The molecule has 0 spiro atoms. The fourth-order valence-electron chi connectivity index (χ4n) is 1.72. The second-order valence-corrected chi connectivity index (χ2v) is 3.82. The van der Waals surface area contributed by atoms with Crippen LogP contribution in [0.3, 0.4) is 0 Å². The predicted molar refractivity (Wildman–Crippen MR) is 66.8 cm³/mol. The van der Waals surface area contributed by atoms with Crippen molar-refractivity contribution in [3.8, 4) is 0 Å². The molecule has 0 saturated heterocycles. The summed E-state index contributed by atoms with van der Waals surface area (Å²) in [5.74, 6) is 0. The summed E-state index contributed by atoms with van der Waals surface area (Å²) in [5, 5.41) is 0. The van der Waals surface area contributed by atoms with Gasteiger partial charge in [-0.05, 0) is 47.4 Å². The molecule has 2 heteroatoms. The zero-order valence-corrected chi connectivity index (χ0v) is 9.11. The van der Waals surface area contributed by atoms with E-state index in [1.54, 1.807) is 0 Å². The Morgan fingerprint density at radius 2 is 1.75 bits per heavy atom. The average molecular weight is 211 g/mol. The van der Waals surface area contributed by atoms with E-state index in [1.165, 1.54) is 11.1 Å². The van der Waals surface area contributed by atoms with E-state index in [4.69, 9.17) is 11.5 Å². The first-order chi connectivity index (χ1) is 7.79. The summed E-state index contributed by atoms with van der Waals surface area (Å²) in [6, 6.07) is 16.9. The highest BCUT2D eigenvalue weighted by Crippen LogP contribution is 2.14. The van der Waals surface area contributed by atoms with Gasteiger partial charge in [0, 0.05) is 12.2 Å². The van der Waals surface area contributed by atoms with Gasteiger partial charge in [-0.2, -0.15) is 0 Å². The van der Waals surface area contributed by atoms with Crippen LogP contribution in [0.5, 0.6) is 0 Å². The molecule has 0 unspecified atom stereocenters. The maximum atomic E-state index is 5.69. The fourth-order valence-corrected chi connectivity index (χ4v) is 1.72. The summed E-state index contributed by atoms with van der Waals surface area (Å²) in [6.45, 7) is 0.557. The molecular formula is C14H15N2. The normalized spacial score (nSPS) is 10.3. The molecule has 0 saturated carbocycles. The van der Waals surface area contributed by atoms with Gasteiger partial charge in [-0.1, -0.05) is 24.3 Å². The SMILES string of the molecule is NCc1c[c]ccc1Cc1ccc(N)cc1. The van der Waals surface area contributed by atoms with Crippen LogP contribution in [-0.2, 0) is 13.0 Å². The minimum Gasteiger partial charge on any atom is -0.399 e. The van der Waals surface area contributed by atoms with Gasteiger partial charge in [0.2, 0.25) is 0 Å². The second kappa shape index (κ2) is 4.81. The van der Waals surface area contributed by atoms with E-state index >= 15 is 0 Å². The Kier molecular flexibility index (Phi) is 3.22. The summed E-state index contributed by atoms with van der Waals surface area (Å²) in [6.07, 6.45) is 0.890. The molecule has 0 aliphatic heterocycles. The van der Waals surface area contributed by atoms with E-state index in [9.17, 15) is 0 Å². The van der Waals surface area contributed by atoms with E-state index in [0.29, 0.717) is 6.54 Å². The molecule has 0 aliphatic carbocycles. The quantitative estimate of drug-likeness (QED) is 0.764. The van der Waals surface area contributed by atoms with E-state index < -0.39 is 0 Å². The highest BCUT2D eigenvalue weighted by Gasteiger charge is 2.01. The number of nitrogens with two attached hydrogens (primary N) is 2. The van der Waals surface area contributed by atoms with Crippen molar-refractivity contribution >= 4 is 5.69 Å². The highest BCUT2D eigenvalue weighted by atomic mass is 14.5. The molecule has 0 heterocycles. The van der Waals surface area contributed by atoms with Crippen LogP contribution in [-0.4, -0.2) is 0 Å². The van der Waals surface area contributed by atoms with Gasteiger partial charge in [0.05, 0.1) is 0 Å². The Balaban J connectivity index is 2.23. The second-order valence-electron chi connectivity index (χ2n) is 3.82. The molecule has 0 aromatic heterocycles. The van der Waals surface area contributed by atoms with Crippen molar-refractivity contribution in [3.63, 3.8) is 0 Å². The largest absolute Gasteiger partial charge is 0.399 e. The number of benzene rings is 2. The highest BCUT2D eigenvalue weighted by molar-refractivity contribution is 5.41. The molecule has 0 bridgehead atoms. The summed E-state index contributed by atoms with van der Waals surface area (Å²) in [5.41, 5.74) is 15.8. The lowest BCUT2D eigenvalue weighted by molar-refractivity contribution is 1.02. The molecular weight excluding hydrogens is 196 g/mol. The number of hydrogen-bond donors (Lipinski definition) is 2. The molecule has 2 rings (SSSR count). The van der Waals surface area contributed by atoms with Crippen LogP contribution in [0.2, 0.25) is 0 Å². The van der Waals surface area contributed by atoms with Gasteiger partial charge in [-0.25, -0.2) is 0 Å². The standard InChI is InChI=1S/C14H15N2/c15-10-13-4-2-1-3-12(13)9-11-5-7-14(16)8-6-11/h1,3-8H,9-10,15-16H2. The monoisotopic (exact) mass is 211 g/mol. The van der Waals surface area contributed by atoms with Crippen LogP contribution in [0, 0.1) is 6.07 Å². The topological polar surface area (TPSA) is 52.0 Å². The number of anilines is 1. The molecule has 4 N–H and O–H groups in total. The molecule has 1 radical (unpaired) electrons. The first-order valence-corrected chi connectivity index (χ1v) is 5.32. The van der Waals surface area contributed by atoms with Crippen LogP contribution >= 0.6 is 0 Å². The molecule has 2 aromatic carbocycles. The van der Waals surface area contributed by atoms with E-state index in [-0.39, 0.29) is 0 Å². The zero-order valence-electron chi connectivity index (χ0n) is 9.11. The van der Waals surface area contributed by atoms with Crippen LogP contribution in [0.4, 0.5) is 5.69 Å². The van der Waals surface area contributed by atoms with Gasteiger partial charge in [0.25, 0.3) is 0 Å². The molecule has 0 aliphatic rings. The molecule has 0 fully saturated rings. The number of rotatable bonds is 3. The van der Waals surface area contributed by atoms with Gasteiger partial charge in [0.15, 0.2) is 0 Å². The third kappa shape index (κ3) is 2.41. The Bertz CT molecular complexity index is 460. The van der Waals surface area contributed by atoms with E-state index in [1.807, 2.05) is 36.4 Å². The first kappa shape index (κ1) is 10.7. The predicted octanol–water partition coefficient (Wildman–Crippen LogP) is 2.12. The lowest BCUT2D eigenvalue weighted by Gasteiger charge is -2.07. The summed E-state index contributed by atoms with van der Waals surface area (Å²) in [4.78, 5) is 0. The minimum absolute atomic E-state index is 0.557. The first-order valence-electron chi connectivity index (χ1n) is 5.32. The van der Waals surface area contributed by atoms with Gasteiger partial charge in [-0.3, -0.25) is 0 Å². The lowest BCUT2D eigenvalue weighted by atomic mass is 10.00. The molecule has 2 aromatic rings. The summed E-state index contributed by atoms with van der Waals surface area (Å²) in [7, 11) is 0. The van der Waals surface area contributed by atoms with Crippen molar-refractivity contribution in [2.24, 2.45) is 5.73 Å². The van der Waals surface area contributed by atoms with E-state index in [0.717, 1.165) is 17.7 Å². The van der Waals surface area contributed by atoms with Crippen LogP contribution in [0.25, 0.3) is 0 Å². The Morgan fingerprint density at radius 3 is 2.44 bits per heavy atom. The Hall–Kier alpha value is -1.80. The Labute approximate surface area is 95.9 Å². The molecule has 0 atom stereocenters. The molecule has 2 nitrogen and oxygen atoms in total. The third-order valence-corrected chi connectivity index (χ3v) is 2.64. The van der Waals surface area contributed by atoms with Crippen molar-refractivity contribution in [1.29, 1.82) is 0 Å². The maximum absolute atomic E-state index is 5.69. The van der Waals surface area contributed by atoms with Crippen LogP contribution in [0.15, 0.2) is 42.5 Å². The van der Waals surface area contributed by atoms with Crippen molar-refractivity contribution in [3.05, 3.63) is 65.2 Å². The average Bonchev–Trinajstić information content (AvgIpc) is 2.33. The van der Waals surface area contributed by atoms with Crippen LogP contribution in [0.1, 0.15) is 16.7 Å². The lowest BCUT2D eigenvalue weighted by Crippen LogP contribution is -2.02. The third-order valence-electron chi connectivity index (χ3n) is 2.64. The van der Waals surface area contributed by atoms with Crippen molar-refractivity contribution in [2.75, 3.05) is 5.73 Å². The van der Waals surface area contributed by atoms with Gasteiger partial charge < -0.3 is 11.5 Å². The van der Waals surface area contributed by atoms with Crippen molar-refractivity contribution < 1.29 is 0 Å². The van der Waals surface area contributed by atoms with E-state index in [2.05, 4.69) is 12.1 Å². The van der Waals surface area contributed by atoms with Gasteiger partial charge >= 0.3 is 0 Å². The smallest absolute Gasteiger partial charge is 0.0314 e. The van der Waals surface area contributed by atoms with Crippen LogP contribution < -0.4 is 11.5 Å². The molecule has 16 heavy (non-hydrogen) atoms. The number of nitrogen functional groups attached to an aromatic ring is 1. The fraction of sp³-hybridized carbons (Fsp3) is 0.143. The van der Waals surface area contributed by atoms with Crippen molar-refractivity contribution in [2.45, 2.75) is 13.0 Å². The van der Waals surface area contributed by atoms with Gasteiger partial charge in [0.1, 0.15) is 0 Å². The van der Waals surface area contributed by atoms with Crippen molar-refractivity contribution in [1.82, 2.24) is 0 Å². The summed E-state index contributed by atoms with van der Waals surface area (Å²) >= 11 is 0.